The van der Waals surface area contributed by atoms with Gasteiger partial charge in [-0.05, 0) is 55.2 Å². The van der Waals surface area contributed by atoms with Crippen molar-refractivity contribution in [1.29, 1.82) is 0 Å². The van der Waals surface area contributed by atoms with Crippen LogP contribution in [0.3, 0.4) is 0 Å². The first kappa shape index (κ1) is 13.1. The van der Waals surface area contributed by atoms with E-state index in [-0.39, 0.29) is 5.92 Å². The van der Waals surface area contributed by atoms with Gasteiger partial charge < -0.3 is 9.53 Å². The van der Waals surface area contributed by atoms with Crippen LogP contribution in [0.4, 0.5) is 0 Å². The van der Waals surface area contributed by atoms with Crippen LogP contribution >= 0.6 is 0 Å². The maximum atomic E-state index is 10.9. The van der Waals surface area contributed by atoms with Crippen molar-refractivity contribution in [3.8, 4) is 5.75 Å². The number of rotatable bonds is 3. The first-order chi connectivity index (χ1) is 8.65. The molecule has 1 aliphatic rings. The molecule has 98 valence electrons. The van der Waals surface area contributed by atoms with Gasteiger partial charge in [-0.15, -0.1) is 0 Å². The van der Waals surface area contributed by atoms with E-state index in [1.54, 1.807) is 7.11 Å². The number of aryl methyl sites for hydroxylation is 1. The SMILES string of the molecule is COc1ccc([C@@H]2CC[C@@H](C=O)C(C)C2)cc1C. The van der Waals surface area contributed by atoms with Crippen LogP contribution in [-0.4, -0.2) is 13.4 Å². The summed E-state index contributed by atoms with van der Waals surface area (Å²) in [5.74, 6) is 2.32. The average molecular weight is 246 g/mol. The Morgan fingerprint density at radius 3 is 2.67 bits per heavy atom. The maximum Gasteiger partial charge on any atom is 0.123 e. The van der Waals surface area contributed by atoms with Crippen LogP contribution in [0, 0.1) is 18.8 Å². The summed E-state index contributed by atoms with van der Waals surface area (Å²) >= 11 is 0. The molecule has 2 rings (SSSR count). The summed E-state index contributed by atoms with van der Waals surface area (Å²) in [5, 5.41) is 0. The molecular formula is C16H22O2. The van der Waals surface area contributed by atoms with E-state index >= 15 is 0 Å². The largest absolute Gasteiger partial charge is 0.496 e. The van der Waals surface area contributed by atoms with Gasteiger partial charge in [0.05, 0.1) is 7.11 Å². The smallest absolute Gasteiger partial charge is 0.123 e. The predicted octanol–water partition coefficient (Wildman–Crippen LogP) is 3.72. The number of aldehydes is 1. The zero-order chi connectivity index (χ0) is 13.1. The summed E-state index contributed by atoms with van der Waals surface area (Å²) in [4.78, 5) is 10.9. The van der Waals surface area contributed by atoms with Crippen LogP contribution in [0.1, 0.15) is 43.2 Å². The van der Waals surface area contributed by atoms with Crippen LogP contribution < -0.4 is 4.74 Å². The molecule has 0 radical (unpaired) electrons. The lowest BCUT2D eigenvalue weighted by Gasteiger charge is -2.31. The van der Waals surface area contributed by atoms with E-state index in [1.807, 2.05) is 0 Å². The molecule has 0 aromatic heterocycles. The van der Waals surface area contributed by atoms with E-state index in [2.05, 4.69) is 32.0 Å². The highest BCUT2D eigenvalue weighted by atomic mass is 16.5. The highest BCUT2D eigenvalue weighted by Crippen LogP contribution is 2.39. The van der Waals surface area contributed by atoms with Crippen molar-refractivity contribution in [3.05, 3.63) is 29.3 Å². The van der Waals surface area contributed by atoms with Crippen molar-refractivity contribution in [2.24, 2.45) is 11.8 Å². The maximum absolute atomic E-state index is 10.9. The van der Waals surface area contributed by atoms with Crippen molar-refractivity contribution >= 4 is 6.29 Å². The average Bonchev–Trinajstić information content (AvgIpc) is 2.38. The molecule has 0 heterocycles. The molecule has 0 bridgehead atoms. The number of methoxy groups -OCH3 is 1. The third-order valence-electron chi connectivity index (χ3n) is 4.30. The van der Waals surface area contributed by atoms with Crippen LogP contribution in [0.15, 0.2) is 18.2 Å². The first-order valence-electron chi connectivity index (χ1n) is 6.75. The Balaban J connectivity index is 2.13. The molecule has 1 unspecified atom stereocenters. The Morgan fingerprint density at radius 2 is 2.11 bits per heavy atom. The molecule has 0 N–H and O–H groups in total. The van der Waals surface area contributed by atoms with Gasteiger partial charge in [0.1, 0.15) is 12.0 Å². The topological polar surface area (TPSA) is 26.3 Å². The Kier molecular flexibility index (Phi) is 4.05. The molecule has 0 saturated heterocycles. The number of hydrogen-bond acceptors (Lipinski definition) is 2. The van der Waals surface area contributed by atoms with E-state index < -0.39 is 0 Å². The van der Waals surface area contributed by atoms with Crippen LogP contribution in [0.5, 0.6) is 5.75 Å². The molecule has 1 aliphatic carbocycles. The fourth-order valence-corrected chi connectivity index (χ4v) is 3.08. The number of carbonyl (C=O) groups is 1. The van der Waals surface area contributed by atoms with E-state index in [0.29, 0.717) is 11.8 Å². The molecule has 0 amide bonds. The lowest BCUT2D eigenvalue weighted by molar-refractivity contribution is -0.113. The molecule has 2 heteroatoms. The number of ether oxygens (including phenoxy) is 1. The summed E-state index contributed by atoms with van der Waals surface area (Å²) in [6.45, 7) is 4.28. The Bertz CT molecular complexity index is 425. The van der Waals surface area contributed by atoms with Crippen molar-refractivity contribution in [2.75, 3.05) is 7.11 Å². The van der Waals surface area contributed by atoms with Crippen LogP contribution in [0.2, 0.25) is 0 Å². The second-order valence-corrected chi connectivity index (χ2v) is 5.52. The molecule has 1 fully saturated rings. The predicted molar refractivity (Wildman–Crippen MR) is 73.0 cm³/mol. The minimum atomic E-state index is 0.264. The first-order valence-corrected chi connectivity index (χ1v) is 6.75. The fraction of sp³-hybridized carbons (Fsp3) is 0.562. The second-order valence-electron chi connectivity index (χ2n) is 5.52. The fourth-order valence-electron chi connectivity index (χ4n) is 3.08. The van der Waals surface area contributed by atoms with Gasteiger partial charge in [0.2, 0.25) is 0 Å². The molecule has 1 saturated carbocycles. The highest BCUT2D eigenvalue weighted by molar-refractivity contribution is 5.54. The molecule has 1 aromatic rings. The zero-order valence-corrected chi connectivity index (χ0v) is 11.5. The molecule has 2 nitrogen and oxygen atoms in total. The summed E-state index contributed by atoms with van der Waals surface area (Å²) in [6, 6.07) is 6.46. The van der Waals surface area contributed by atoms with Gasteiger partial charge in [-0.2, -0.15) is 0 Å². The van der Waals surface area contributed by atoms with Gasteiger partial charge in [0.15, 0.2) is 0 Å². The summed E-state index contributed by atoms with van der Waals surface area (Å²) in [6.07, 6.45) is 4.41. The second kappa shape index (κ2) is 5.55. The van der Waals surface area contributed by atoms with Crippen molar-refractivity contribution in [3.63, 3.8) is 0 Å². The standard InChI is InChI=1S/C16H22O2/c1-11-8-13(4-5-15(11)10-17)14-6-7-16(18-3)12(2)9-14/h6-7,9-11,13,15H,4-5,8H2,1-3H3/t11?,13-,15+/m1/s1. The van der Waals surface area contributed by atoms with E-state index in [1.165, 1.54) is 11.1 Å². The third kappa shape index (κ3) is 2.58. The molecular weight excluding hydrogens is 224 g/mol. The van der Waals surface area contributed by atoms with Gasteiger partial charge in [0.25, 0.3) is 0 Å². The number of benzene rings is 1. The summed E-state index contributed by atoms with van der Waals surface area (Å²) < 4.78 is 5.30. The minimum Gasteiger partial charge on any atom is -0.496 e. The van der Waals surface area contributed by atoms with Crippen molar-refractivity contribution in [2.45, 2.75) is 39.0 Å². The third-order valence-corrected chi connectivity index (χ3v) is 4.30. The number of hydrogen-bond donors (Lipinski definition) is 0. The van der Waals surface area contributed by atoms with E-state index in [0.717, 1.165) is 31.3 Å². The lowest BCUT2D eigenvalue weighted by Crippen LogP contribution is -2.22. The molecule has 18 heavy (non-hydrogen) atoms. The quantitative estimate of drug-likeness (QED) is 0.760. The van der Waals surface area contributed by atoms with Gasteiger partial charge >= 0.3 is 0 Å². The Hall–Kier alpha value is -1.31. The Morgan fingerprint density at radius 1 is 1.33 bits per heavy atom. The molecule has 0 spiro atoms. The van der Waals surface area contributed by atoms with E-state index in [4.69, 9.17) is 4.74 Å². The van der Waals surface area contributed by atoms with Crippen molar-refractivity contribution in [1.82, 2.24) is 0 Å². The van der Waals surface area contributed by atoms with Gasteiger partial charge in [-0.3, -0.25) is 0 Å². The van der Waals surface area contributed by atoms with Gasteiger partial charge in [-0.1, -0.05) is 19.1 Å². The van der Waals surface area contributed by atoms with Gasteiger partial charge in [-0.25, -0.2) is 0 Å². The molecule has 0 aliphatic heterocycles. The lowest BCUT2D eigenvalue weighted by atomic mass is 9.73. The summed E-state index contributed by atoms with van der Waals surface area (Å²) in [5.41, 5.74) is 2.59. The normalized spacial score (nSPS) is 27.8. The zero-order valence-electron chi connectivity index (χ0n) is 11.5. The minimum absolute atomic E-state index is 0.264. The molecule has 3 atom stereocenters. The summed E-state index contributed by atoms with van der Waals surface area (Å²) in [7, 11) is 1.71. The Labute approximate surface area is 109 Å². The molecule has 1 aromatic carbocycles. The van der Waals surface area contributed by atoms with Gasteiger partial charge in [0, 0.05) is 5.92 Å². The monoisotopic (exact) mass is 246 g/mol. The van der Waals surface area contributed by atoms with Crippen LogP contribution in [-0.2, 0) is 4.79 Å². The number of carbonyl (C=O) groups excluding carboxylic acids is 1. The van der Waals surface area contributed by atoms with Crippen molar-refractivity contribution < 1.29 is 9.53 Å². The highest BCUT2D eigenvalue weighted by Gasteiger charge is 2.28. The van der Waals surface area contributed by atoms with Crippen LogP contribution in [0.25, 0.3) is 0 Å². The van der Waals surface area contributed by atoms with E-state index in [9.17, 15) is 4.79 Å².